The second-order valence-electron chi connectivity index (χ2n) is 4.39. The Morgan fingerprint density at radius 3 is 2.45 bits per heavy atom. The first-order valence-electron chi connectivity index (χ1n) is 6.55. The second kappa shape index (κ2) is 5.21. The van der Waals surface area contributed by atoms with Gasteiger partial charge in [-0.2, -0.15) is 0 Å². The molecule has 0 fully saturated rings. The number of benzene rings is 2. The molecule has 0 spiro atoms. The molecule has 0 amide bonds. The van der Waals surface area contributed by atoms with E-state index in [1.165, 1.54) is 0 Å². The lowest BCUT2D eigenvalue weighted by Crippen LogP contribution is -2.07. The fraction of sp³-hybridized carbons (Fsp3) is 0.118. The van der Waals surface area contributed by atoms with Crippen LogP contribution in [0, 0.1) is 0 Å². The maximum absolute atomic E-state index is 12.3. The Morgan fingerprint density at radius 2 is 1.70 bits per heavy atom. The summed E-state index contributed by atoms with van der Waals surface area (Å²) >= 11 is 0. The van der Waals surface area contributed by atoms with E-state index < -0.39 is 0 Å². The van der Waals surface area contributed by atoms with E-state index in [-0.39, 0.29) is 5.63 Å². The van der Waals surface area contributed by atoms with E-state index in [0.717, 1.165) is 10.9 Å². The van der Waals surface area contributed by atoms with Crippen molar-refractivity contribution >= 4 is 11.0 Å². The van der Waals surface area contributed by atoms with Crippen LogP contribution in [0.15, 0.2) is 63.8 Å². The van der Waals surface area contributed by atoms with Gasteiger partial charge in [-0.05, 0) is 24.6 Å². The highest BCUT2D eigenvalue weighted by Gasteiger charge is 2.16. The van der Waals surface area contributed by atoms with Crippen molar-refractivity contribution in [3.05, 3.63) is 65.0 Å². The highest BCUT2D eigenvalue weighted by molar-refractivity contribution is 5.90. The van der Waals surface area contributed by atoms with Crippen molar-refractivity contribution in [3.8, 4) is 16.9 Å². The molecule has 3 nitrogen and oxygen atoms in total. The van der Waals surface area contributed by atoms with Gasteiger partial charge in [-0.15, -0.1) is 0 Å². The molecule has 0 atom stereocenters. The van der Waals surface area contributed by atoms with Gasteiger partial charge in [0.25, 0.3) is 0 Å². The van der Waals surface area contributed by atoms with Crippen LogP contribution < -0.4 is 10.4 Å². The summed E-state index contributed by atoms with van der Waals surface area (Å²) in [4.78, 5) is 12.3. The third-order valence-corrected chi connectivity index (χ3v) is 3.12. The van der Waals surface area contributed by atoms with Gasteiger partial charge in [0, 0.05) is 0 Å². The molecule has 0 radical (unpaired) electrons. The Morgan fingerprint density at radius 1 is 1.00 bits per heavy atom. The van der Waals surface area contributed by atoms with Gasteiger partial charge in [0.1, 0.15) is 16.9 Å². The minimum atomic E-state index is -0.377. The Kier molecular flexibility index (Phi) is 3.25. The van der Waals surface area contributed by atoms with Crippen LogP contribution in [0.4, 0.5) is 0 Å². The van der Waals surface area contributed by atoms with Gasteiger partial charge >= 0.3 is 5.63 Å². The van der Waals surface area contributed by atoms with Crippen molar-refractivity contribution in [2.75, 3.05) is 6.61 Å². The maximum Gasteiger partial charge on any atom is 0.347 e. The zero-order chi connectivity index (χ0) is 13.9. The molecule has 0 saturated heterocycles. The summed E-state index contributed by atoms with van der Waals surface area (Å²) in [5, 5.41) is 0.813. The predicted octanol–water partition coefficient (Wildman–Crippen LogP) is 3.86. The SMILES string of the molecule is CCOc1c(-c2ccccc2)c(=O)oc2ccccc12. The van der Waals surface area contributed by atoms with Crippen LogP contribution in [-0.4, -0.2) is 6.61 Å². The van der Waals surface area contributed by atoms with E-state index in [9.17, 15) is 4.79 Å². The molecular formula is C17H14O3. The molecule has 2 aromatic carbocycles. The fourth-order valence-corrected chi connectivity index (χ4v) is 2.27. The number of fused-ring (bicyclic) bond motifs is 1. The van der Waals surface area contributed by atoms with Crippen molar-refractivity contribution in [2.24, 2.45) is 0 Å². The number of ether oxygens (including phenoxy) is 1. The molecule has 0 saturated carbocycles. The summed E-state index contributed by atoms with van der Waals surface area (Å²) in [5.74, 6) is 0.588. The Hall–Kier alpha value is -2.55. The number of rotatable bonds is 3. The van der Waals surface area contributed by atoms with Crippen molar-refractivity contribution < 1.29 is 9.15 Å². The monoisotopic (exact) mass is 266 g/mol. The normalized spacial score (nSPS) is 10.7. The van der Waals surface area contributed by atoms with Gasteiger partial charge in [0.2, 0.25) is 0 Å². The molecule has 100 valence electrons. The molecule has 0 aliphatic heterocycles. The lowest BCUT2D eigenvalue weighted by Gasteiger charge is -2.11. The van der Waals surface area contributed by atoms with Gasteiger partial charge in [-0.25, -0.2) is 4.79 Å². The molecule has 3 aromatic rings. The van der Waals surface area contributed by atoms with E-state index in [1.54, 1.807) is 6.07 Å². The first-order chi connectivity index (χ1) is 9.81. The van der Waals surface area contributed by atoms with Crippen LogP contribution in [-0.2, 0) is 0 Å². The van der Waals surface area contributed by atoms with Crippen LogP contribution in [0.5, 0.6) is 5.75 Å². The van der Waals surface area contributed by atoms with Crippen LogP contribution in [0.3, 0.4) is 0 Å². The molecule has 3 heteroatoms. The quantitative estimate of drug-likeness (QED) is 0.676. The van der Waals surface area contributed by atoms with Gasteiger partial charge in [-0.3, -0.25) is 0 Å². The molecule has 0 unspecified atom stereocenters. The van der Waals surface area contributed by atoms with Crippen molar-refractivity contribution in [1.29, 1.82) is 0 Å². The van der Waals surface area contributed by atoms with E-state index in [2.05, 4.69) is 0 Å². The van der Waals surface area contributed by atoms with Crippen molar-refractivity contribution in [2.45, 2.75) is 6.92 Å². The predicted molar refractivity (Wildman–Crippen MR) is 79.1 cm³/mol. The summed E-state index contributed by atoms with van der Waals surface area (Å²) in [6.45, 7) is 2.39. The van der Waals surface area contributed by atoms with Crippen molar-refractivity contribution in [1.82, 2.24) is 0 Å². The first-order valence-corrected chi connectivity index (χ1v) is 6.55. The van der Waals surface area contributed by atoms with Crippen LogP contribution in [0.2, 0.25) is 0 Å². The molecule has 0 aliphatic rings. The summed E-state index contributed by atoms with van der Waals surface area (Å²) in [7, 11) is 0. The van der Waals surface area contributed by atoms with Gasteiger partial charge in [-0.1, -0.05) is 42.5 Å². The molecule has 1 aromatic heterocycles. The average Bonchev–Trinajstić information content (AvgIpc) is 2.48. The smallest absolute Gasteiger partial charge is 0.347 e. The fourth-order valence-electron chi connectivity index (χ4n) is 2.27. The topological polar surface area (TPSA) is 39.4 Å². The Labute approximate surface area is 116 Å². The molecule has 0 N–H and O–H groups in total. The first kappa shape index (κ1) is 12.5. The molecular weight excluding hydrogens is 252 g/mol. The highest BCUT2D eigenvalue weighted by Crippen LogP contribution is 2.33. The minimum Gasteiger partial charge on any atom is -0.492 e. The van der Waals surface area contributed by atoms with Gasteiger partial charge in [0.05, 0.1) is 12.0 Å². The number of para-hydroxylation sites is 1. The highest BCUT2D eigenvalue weighted by atomic mass is 16.5. The Bertz CT molecular complexity index is 788. The van der Waals surface area contributed by atoms with Gasteiger partial charge in [0.15, 0.2) is 0 Å². The zero-order valence-corrected chi connectivity index (χ0v) is 11.1. The van der Waals surface area contributed by atoms with E-state index in [1.807, 2.05) is 55.5 Å². The van der Waals surface area contributed by atoms with Crippen LogP contribution >= 0.6 is 0 Å². The third kappa shape index (κ3) is 2.07. The van der Waals surface area contributed by atoms with Crippen molar-refractivity contribution in [3.63, 3.8) is 0 Å². The molecule has 20 heavy (non-hydrogen) atoms. The Balaban J connectivity index is 2.38. The number of hydrogen-bond acceptors (Lipinski definition) is 3. The average molecular weight is 266 g/mol. The lowest BCUT2D eigenvalue weighted by molar-refractivity contribution is 0.342. The molecule has 1 heterocycles. The maximum atomic E-state index is 12.3. The van der Waals surface area contributed by atoms with Gasteiger partial charge < -0.3 is 9.15 Å². The summed E-state index contributed by atoms with van der Waals surface area (Å²) in [6, 6.07) is 16.9. The third-order valence-electron chi connectivity index (χ3n) is 3.12. The van der Waals surface area contributed by atoms with E-state index in [4.69, 9.17) is 9.15 Å². The summed E-state index contributed by atoms with van der Waals surface area (Å²) in [5.41, 5.74) is 1.44. The standard InChI is InChI=1S/C17H14O3/c1-2-19-16-13-10-6-7-11-14(13)20-17(18)15(16)12-8-4-3-5-9-12/h3-11H,2H2,1H3. The van der Waals surface area contributed by atoms with E-state index >= 15 is 0 Å². The lowest BCUT2D eigenvalue weighted by atomic mass is 10.0. The summed E-state index contributed by atoms with van der Waals surface area (Å²) < 4.78 is 11.1. The molecule has 0 aliphatic carbocycles. The zero-order valence-electron chi connectivity index (χ0n) is 11.1. The largest absolute Gasteiger partial charge is 0.492 e. The molecule has 3 rings (SSSR count). The van der Waals surface area contributed by atoms with Crippen LogP contribution in [0.1, 0.15) is 6.92 Å². The second-order valence-corrected chi connectivity index (χ2v) is 4.39. The summed E-state index contributed by atoms with van der Waals surface area (Å²) in [6.07, 6.45) is 0. The minimum absolute atomic E-state index is 0.377. The number of hydrogen-bond donors (Lipinski definition) is 0. The van der Waals surface area contributed by atoms with Crippen LogP contribution in [0.25, 0.3) is 22.1 Å². The molecule has 0 bridgehead atoms. The van der Waals surface area contributed by atoms with E-state index in [0.29, 0.717) is 23.5 Å².